The van der Waals surface area contributed by atoms with Crippen molar-refractivity contribution in [1.82, 2.24) is 4.98 Å². The first kappa shape index (κ1) is 14.9. The monoisotopic (exact) mass is 288 g/mol. The van der Waals surface area contributed by atoms with E-state index in [1.807, 2.05) is 24.3 Å². The lowest BCUT2D eigenvalue weighted by molar-refractivity contribution is 0.317. The third-order valence-corrected chi connectivity index (χ3v) is 3.40. The summed E-state index contributed by atoms with van der Waals surface area (Å²) in [5.41, 5.74) is 5.54. The van der Waals surface area contributed by atoms with E-state index in [-0.39, 0.29) is 5.84 Å². The number of anilines is 1. The highest BCUT2D eigenvalue weighted by Gasteiger charge is 2.11. The number of nitrogens with zero attached hydrogens (tertiary/aromatic N) is 3. The van der Waals surface area contributed by atoms with Gasteiger partial charge in [-0.05, 0) is 36.6 Å². The molecule has 0 aliphatic heterocycles. The lowest BCUT2D eigenvalue weighted by Gasteiger charge is -2.23. The van der Waals surface area contributed by atoms with Gasteiger partial charge in [-0.2, -0.15) is 0 Å². The zero-order chi connectivity index (χ0) is 15.2. The molecule has 0 radical (unpaired) electrons. The number of ether oxygens (including phenoxy) is 1. The number of oxime groups is 1. The first-order chi connectivity index (χ1) is 10.2. The third kappa shape index (κ3) is 3.34. The highest BCUT2D eigenvalue weighted by molar-refractivity contribution is 5.93. The zero-order valence-electron chi connectivity index (χ0n) is 12.3. The van der Waals surface area contributed by atoms with Gasteiger partial charge in [0, 0.05) is 31.1 Å². The number of hydrogen-bond acceptors (Lipinski definition) is 5. The number of rotatable bonds is 6. The summed E-state index contributed by atoms with van der Waals surface area (Å²) in [6.07, 6.45) is 2.27. The van der Waals surface area contributed by atoms with Crippen molar-refractivity contribution in [1.29, 1.82) is 0 Å². The number of hydrogen-bond donors (Lipinski definition) is 2. The minimum atomic E-state index is 0.218. The van der Waals surface area contributed by atoms with Gasteiger partial charge in [-0.3, -0.25) is 0 Å². The molecule has 0 fully saturated rings. The van der Waals surface area contributed by atoms with Crippen LogP contribution in [0.15, 0.2) is 35.6 Å². The zero-order valence-corrected chi connectivity index (χ0v) is 12.3. The quantitative estimate of drug-likeness (QED) is 0.368. The minimum Gasteiger partial charge on any atom is -0.497 e. The van der Waals surface area contributed by atoms with Gasteiger partial charge in [-0.15, -0.1) is 0 Å². The normalized spacial score (nSPS) is 11.6. The standard InChI is InChI=1S/C15H20N4O2/c1-3-19(9-7-14(16)18-20)15-13-5-4-12(21-2)10-11(13)6-8-17-15/h4-6,8,10,20H,3,7,9H2,1-2H3,(H2,16,18). The number of benzene rings is 1. The van der Waals surface area contributed by atoms with Gasteiger partial charge in [-0.1, -0.05) is 5.16 Å². The Hall–Kier alpha value is -2.50. The molecule has 0 aliphatic rings. The van der Waals surface area contributed by atoms with Crippen molar-refractivity contribution in [2.45, 2.75) is 13.3 Å². The highest BCUT2D eigenvalue weighted by atomic mass is 16.5. The van der Waals surface area contributed by atoms with Crippen LogP contribution in [0.1, 0.15) is 13.3 Å². The summed E-state index contributed by atoms with van der Waals surface area (Å²) in [6.45, 7) is 3.48. The highest BCUT2D eigenvalue weighted by Crippen LogP contribution is 2.27. The van der Waals surface area contributed by atoms with Gasteiger partial charge in [0.25, 0.3) is 0 Å². The van der Waals surface area contributed by atoms with E-state index in [0.717, 1.165) is 28.9 Å². The maximum absolute atomic E-state index is 8.64. The third-order valence-electron chi connectivity index (χ3n) is 3.40. The number of nitrogens with two attached hydrogens (primary N) is 1. The summed E-state index contributed by atoms with van der Waals surface area (Å²) >= 11 is 0. The Balaban J connectivity index is 2.34. The maximum Gasteiger partial charge on any atom is 0.140 e. The van der Waals surface area contributed by atoms with Crippen LogP contribution >= 0.6 is 0 Å². The molecule has 3 N–H and O–H groups in total. The molecule has 0 amide bonds. The lowest BCUT2D eigenvalue weighted by atomic mass is 10.1. The molecular weight excluding hydrogens is 268 g/mol. The van der Waals surface area contributed by atoms with E-state index in [0.29, 0.717) is 13.0 Å². The van der Waals surface area contributed by atoms with Crippen molar-refractivity contribution in [3.05, 3.63) is 30.5 Å². The van der Waals surface area contributed by atoms with E-state index < -0.39 is 0 Å². The van der Waals surface area contributed by atoms with Crippen LogP contribution < -0.4 is 15.4 Å². The molecule has 6 nitrogen and oxygen atoms in total. The van der Waals surface area contributed by atoms with Gasteiger partial charge in [0.15, 0.2) is 0 Å². The van der Waals surface area contributed by atoms with E-state index in [1.165, 1.54) is 0 Å². The van der Waals surface area contributed by atoms with Crippen LogP contribution in [-0.4, -0.2) is 36.2 Å². The Kier molecular flexibility index (Phi) is 4.81. The Labute approximate surface area is 123 Å². The van der Waals surface area contributed by atoms with Gasteiger partial charge >= 0.3 is 0 Å². The SMILES string of the molecule is CCN(CC/C(N)=N/O)c1nccc2cc(OC)ccc12. The fourth-order valence-corrected chi connectivity index (χ4v) is 2.23. The van der Waals surface area contributed by atoms with Gasteiger partial charge in [0.1, 0.15) is 17.4 Å². The number of methoxy groups -OCH3 is 1. The van der Waals surface area contributed by atoms with E-state index in [2.05, 4.69) is 22.0 Å². The van der Waals surface area contributed by atoms with Gasteiger partial charge in [0.2, 0.25) is 0 Å². The first-order valence-corrected chi connectivity index (χ1v) is 6.83. The Bertz CT molecular complexity index is 643. The van der Waals surface area contributed by atoms with Crippen molar-refractivity contribution in [2.75, 3.05) is 25.1 Å². The Morgan fingerprint density at radius 3 is 2.90 bits per heavy atom. The molecule has 6 heteroatoms. The molecule has 1 aromatic carbocycles. The van der Waals surface area contributed by atoms with Gasteiger partial charge < -0.3 is 20.6 Å². The second-order valence-electron chi connectivity index (χ2n) is 4.64. The van der Waals surface area contributed by atoms with Crippen molar-refractivity contribution in [2.24, 2.45) is 10.9 Å². The maximum atomic E-state index is 8.64. The fraction of sp³-hybridized carbons (Fsp3) is 0.333. The molecule has 0 saturated carbocycles. The predicted molar refractivity (Wildman–Crippen MR) is 84.2 cm³/mol. The minimum absolute atomic E-state index is 0.218. The molecule has 0 bridgehead atoms. The molecule has 0 atom stereocenters. The Morgan fingerprint density at radius 1 is 1.43 bits per heavy atom. The Morgan fingerprint density at radius 2 is 2.24 bits per heavy atom. The average molecular weight is 288 g/mol. The van der Waals surface area contributed by atoms with Crippen LogP contribution in [0.2, 0.25) is 0 Å². The lowest BCUT2D eigenvalue weighted by Crippen LogP contribution is -2.28. The molecule has 1 aromatic heterocycles. The molecule has 0 saturated heterocycles. The molecule has 0 unspecified atom stereocenters. The summed E-state index contributed by atoms with van der Waals surface area (Å²) in [5.74, 6) is 1.93. The summed E-state index contributed by atoms with van der Waals surface area (Å²) in [7, 11) is 1.65. The topological polar surface area (TPSA) is 84.0 Å². The van der Waals surface area contributed by atoms with Crippen LogP contribution in [-0.2, 0) is 0 Å². The van der Waals surface area contributed by atoms with Crippen LogP contribution in [0.5, 0.6) is 5.75 Å². The molecule has 2 aromatic rings. The van der Waals surface area contributed by atoms with Gasteiger partial charge in [-0.25, -0.2) is 4.98 Å². The molecule has 21 heavy (non-hydrogen) atoms. The summed E-state index contributed by atoms with van der Waals surface area (Å²) in [6, 6.07) is 7.87. The summed E-state index contributed by atoms with van der Waals surface area (Å²) in [5, 5.41) is 13.8. The van der Waals surface area contributed by atoms with Crippen LogP contribution in [0.3, 0.4) is 0 Å². The predicted octanol–water partition coefficient (Wildman–Crippen LogP) is 2.21. The second-order valence-corrected chi connectivity index (χ2v) is 4.64. The molecule has 0 spiro atoms. The first-order valence-electron chi connectivity index (χ1n) is 6.83. The number of amidine groups is 1. The van der Waals surface area contributed by atoms with Gasteiger partial charge in [0.05, 0.1) is 7.11 Å². The average Bonchev–Trinajstić information content (AvgIpc) is 2.54. The smallest absolute Gasteiger partial charge is 0.140 e. The summed E-state index contributed by atoms with van der Waals surface area (Å²) < 4.78 is 5.25. The van der Waals surface area contributed by atoms with Crippen molar-refractivity contribution >= 4 is 22.4 Å². The fourth-order valence-electron chi connectivity index (χ4n) is 2.23. The van der Waals surface area contributed by atoms with Crippen LogP contribution in [0, 0.1) is 0 Å². The van der Waals surface area contributed by atoms with Crippen molar-refractivity contribution < 1.29 is 9.94 Å². The number of fused-ring (bicyclic) bond motifs is 1. The molecule has 112 valence electrons. The van der Waals surface area contributed by atoms with Crippen molar-refractivity contribution in [3.8, 4) is 5.75 Å². The van der Waals surface area contributed by atoms with E-state index in [1.54, 1.807) is 13.3 Å². The van der Waals surface area contributed by atoms with Crippen LogP contribution in [0.4, 0.5) is 5.82 Å². The van der Waals surface area contributed by atoms with E-state index in [4.69, 9.17) is 15.7 Å². The molecule has 2 rings (SSSR count). The van der Waals surface area contributed by atoms with Crippen LogP contribution in [0.25, 0.3) is 10.8 Å². The second kappa shape index (κ2) is 6.78. The van der Waals surface area contributed by atoms with E-state index >= 15 is 0 Å². The van der Waals surface area contributed by atoms with Crippen molar-refractivity contribution in [3.63, 3.8) is 0 Å². The largest absolute Gasteiger partial charge is 0.497 e. The summed E-state index contributed by atoms with van der Waals surface area (Å²) in [4.78, 5) is 6.58. The molecular formula is C15H20N4O2. The number of aromatic nitrogens is 1. The number of pyridine rings is 1. The molecule has 1 heterocycles. The molecule has 0 aliphatic carbocycles. The van der Waals surface area contributed by atoms with E-state index in [9.17, 15) is 0 Å².